The smallest absolute Gasteiger partial charge is 0.410 e. The Morgan fingerprint density at radius 1 is 1.28 bits per heavy atom. The van der Waals surface area contributed by atoms with Crippen molar-refractivity contribution in [3.05, 3.63) is 19.8 Å². The number of esters is 1. The number of thiophene rings is 1. The lowest BCUT2D eigenvalue weighted by Gasteiger charge is -2.33. The zero-order valence-electron chi connectivity index (χ0n) is 15.5. The van der Waals surface area contributed by atoms with E-state index in [1.165, 1.54) is 12.0 Å². The monoisotopic (exact) mass is 431 g/mol. The van der Waals surface area contributed by atoms with E-state index in [0.29, 0.717) is 11.5 Å². The molecule has 1 aliphatic rings. The SMILES string of the molecule is COC(=O)c1c(Br)sc(CC2CCN(C(=O)OC(C)(C)C)CC2)c1C. The highest BCUT2D eigenvalue weighted by molar-refractivity contribution is 9.11. The van der Waals surface area contributed by atoms with Crippen molar-refractivity contribution >= 4 is 39.3 Å². The van der Waals surface area contributed by atoms with E-state index in [1.54, 1.807) is 16.2 Å². The van der Waals surface area contributed by atoms with Gasteiger partial charge < -0.3 is 14.4 Å². The zero-order valence-corrected chi connectivity index (χ0v) is 17.9. The molecule has 5 nitrogen and oxygen atoms in total. The summed E-state index contributed by atoms with van der Waals surface area (Å²) in [5, 5.41) is 0. The van der Waals surface area contributed by atoms with Gasteiger partial charge in [0.05, 0.1) is 16.5 Å². The van der Waals surface area contributed by atoms with E-state index in [9.17, 15) is 9.59 Å². The Hall–Kier alpha value is -1.08. The van der Waals surface area contributed by atoms with Crippen LogP contribution >= 0.6 is 27.3 Å². The fourth-order valence-electron chi connectivity index (χ4n) is 2.96. The van der Waals surface area contributed by atoms with Crippen molar-refractivity contribution in [2.45, 2.75) is 52.6 Å². The predicted octanol–water partition coefficient (Wildman–Crippen LogP) is 4.80. The lowest BCUT2D eigenvalue weighted by atomic mass is 9.92. The van der Waals surface area contributed by atoms with Gasteiger partial charge in [0.15, 0.2) is 0 Å². The molecule has 1 aromatic heterocycles. The van der Waals surface area contributed by atoms with Gasteiger partial charge in [-0.2, -0.15) is 0 Å². The number of ether oxygens (including phenoxy) is 2. The Balaban J connectivity index is 1.95. The van der Waals surface area contributed by atoms with Crippen LogP contribution in [0.2, 0.25) is 0 Å². The van der Waals surface area contributed by atoms with Crippen LogP contribution in [0.5, 0.6) is 0 Å². The van der Waals surface area contributed by atoms with E-state index < -0.39 is 5.60 Å². The van der Waals surface area contributed by atoms with Gasteiger partial charge in [-0.1, -0.05) is 0 Å². The summed E-state index contributed by atoms with van der Waals surface area (Å²) in [6.07, 6.45) is 2.59. The molecule has 0 unspecified atom stereocenters. The number of hydrogen-bond donors (Lipinski definition) is 0. The van der Waals surface area contributed by atoms with Crippen LogP contribution in [0.15, 0.2) is 3.79 Å². The summed E-state index contributed by atoms with van der Waals surface area (Å²) in [7, 11) is 1.40. The van der Waals surface area contributed by atoms with Crippen LogP contribution < -0.4 is 0 Å². The third-order valence-corrected chi connectivity index (χ3v) is 6.32. The minimum Gasteiger partial charge on any atom is -0.465 e. The highest BCUT2D eigenvalue weighted by Crippen LogP contribution is 2.36. The van der Waals surface area contributed by atoms with E-state index in [4.69, 9.17) is 9.47 Å². The second kappa shape index (κ2) is 8.08. The maximum atomic E-state index is 12.1. The number of hydrogen-bond acceptors (Lipinski definition) is 5. The topological polar surface area (TPSA) is 55.8 Å². The Bertz CT molecular complexity index is 642. The molecule has 1 amide bonds. The summed E-state index contributed by atoms with van der Waals surface area (Å²) in [6.45, 7) is 9.05. The molecule has 1 saturated heterocycles. The highest BCUT2D eigenvalue weighted by atomic mass is 79.9. The Morgan fingerprint density at radius 2 is 1.88 bits per heavy atom. The number of piperidine rings is 1. The van der Waals surface area contributed by atoms with E-state index in [0.717, 1.165) is 41.7 Å². The molecule has 140 valence electrons. The van der Waals surface area contributed by atoms with Gasteiger partial charge in [-0.05, 0) is 74.4 Å². The Morgan fingerprint density at radius 3 is 2.40 bits per heavy atom. The lowest BCUT2D eigenvalue weighted by molar-refractivity contribution is 0.0184. The average molecular weight is 432 g/mol. The molecule has 1 aromatic rings. The number of rotatable bonds is 3. The average Bonchev–Trinajstić information content (AvgIpc) is 2.79. The number of amides is 1. The second-order valence-corrected chi connectivity index (χ2v) is 9.83. The van der Waals surface area contributed by atoms with Crippen LogP contribution in [0.3, 0.4) is 0 Å². The van der Waals surface area contributed by atoms with Crippen LogP contribution in [-0.2, 0) is 15.9 Å². The largest absolute Gasteiger partial charge is 0.465 e. The van der Waals surface area contributed by atoms with Gasteiger partial charge in [0, 0.05) is 18.0 Å². The van der Waals surface area contributed by atoms with Crippen molar-refractivity contribution in [2.24, 2.45) is 5.92 Å². The van der Waals surface area contributed by atoms with Crippen LogP contribution in [0, 0.1) is 12.8 Å². The third-order valence-electron chi connectivity index (χ3n) is 4.33. The minimum absolute atomic E-state index is 0.228. The Labute approximate surface area is 161 Å². The van der Waals surface area contributed by atoms with Crippen molar-refractivity contribution < 1.29 is 19.1 Å². The molecule has 0 saturated carbocycles. The molecular weight excluding hydrogens is 406 g/mol. The number of methoxy groups -OCH3 is 1. The van der Waals surface area contributed by atoms with Crippen molar-refractivity contribution in [3.8, 4) is 0 Å². The van der Waals surface area contributed by atoms with E-state index in [-0.39, 0.29) is 12.1 Å². The number of carbonyl (C=O) groups excluding carboxylic acids is 2. The molecular formula is C18H26BrNO4S. The molecule has 0 spiro atoms. The molecule has 1 aliphatic heterocycles. The molecule has 1 fully saturated rings. The van der Waals surface area contributed by atoms with E-state index in [2.05, 4.69) is 15.9 Å². The number of halogens is 1. The highest BCUT2D eigenvalue weighted by Gasteiger charge is 2.28. The van der Waals surface area contributed by atoms with Crippen LogP contribution in [0.1, 0.15) is 54.4 Å². The summed E-state index contributed by atoms with van der Waals surface area (Å²) in [4.78, 5) is 27.0. The molecule has 0 atom stereocenters. The number of nitrogens with zero attached hydrogens (tertiary/aromatic N) is 1. The summed E-state index contributed by atoms with van der Waals surface area (Å²) < 4.78 is 11.1. The van der Waals surface area contributed by atoms with Gasteiger partial charge in [-0.3, -0.25) is 0 Å². The predicted molar refractivity (Wildman–Crippen MR) is 102 cm³/mol. The molecule has 2 heterocycles. The van der Waals surface area contributed by atoms with Crippen molar-refractivity contribution in [2.75, 3.05) is 20.2 Å². The summed E-state index contributed by atoms with van der Waals surface area (Å²) in [5.41, 5.74) is 1.17. The normalized spacial score (nSPS) is 16.0. The quantitative estimate of drug-likeness (QED) is 0.645. The number of likely N-dealkylation sites (tertiary alicyclic amines) is 1. The summed E-state index contributed by atoms with van der Waals surface area (Å²) in [6, 6.07) is 0. The summed E-state index contributed by atoms with van der Waals surface area (Å²) in [5.74, 6) is 0.208. The molecule has 0 radical (unpaired) electrons. The zero-order chi connectivity index (χ0) is 18.8. The number of carbonyl (C=O) groups is 2. The lowest BCUT2D eigenvalue weighted by Crippen LogP contribution is -2.42. The fraction of sp³-hybridized carbons (Fsp3) is 0.667. The molecule has 2 rings (SSSR count). The van der Waals surface area contributed by atoms with Crippen LogP contribution in [0.25, 0.3) is 0 Å². The van der Waals surface area contributed by atoms with E-state index in [1.807, 2.05) is 27.7 Å². The minimum atomic E-state index is -0.460. The first-order valence-corrected chi connectivity index (χ1v) is 10.1. The summed E-state index contributed by atoms with van der Waals surface area (Å²) >= 11 is 5.08. The molecule has 25 heavy (non-hydrogen) atoms. The first-order valence-electron chi connectivity index (χ1n) is 8.46. The maximum absolute atomic E-state index is 12.1. The second-order valence-electron chi connectivity index (χ2n) is 7.41. The molecule has 0 aliphatic carbocycles. The van der Waals surface area contributed by atoms with E-state index >= 15 is 0 Å². The molecule has 0 aromatic carbocycles. The first-order chi connectivity index (χ1) is 11.6. The first kappa shape index (κ1) is 20.2. The fourth-order valence-corrected chi connectivity index (χ4v) is 5.14. The van der Waals surface area contributed by atoms with Gasteiger partial charge in [0.1, 0.15) is 5.60 Å². The van der Waals surface area contributed by atoms with Gasteiger partial charge in [0.2, 0.25) is 0 Å². The third kappa shape index (κ3) is 5.20. The van der Waals surface area contributed by atoms with Crippen molar-refractivity contribution in [1.29, 1.82) is 0 Å². The maximum Gasteiger partial charge on any atom is 0.410 e. The van der Waals surface area contributed by atoms with Gasteiger partial charge in [-0.15, -0.1) is 11.3 Å². The Kier molecular flexibility index (Phi) is 6.54. The van der Waals surface area contributed by atoms with Gasteiger partial charge in [0.25, 0.3) is 0 Å². The van der Waals surface area contributed by atoms with Crippen molar-refractivity contribution in [1.82, 2.24) is 4.90 Å². The molecule has 7 heteroatoms. The van der Waals surface area contributed by atoms with Gasteiger partial charge in [-0.25, -0.2) is 9.59 Å². The van der Waals surface area contributed by atoms with Crippen LogP contribution in [0.4, 0.5) is 4.79 Å². The van der Waals surface area contributed by atoms with Gasteiger partial charge >= 0.3 is 12.1 Å². The van der Waals surface area contributed by atoms with Crippen molar-refractivity contribution in [3.63, 3.8) is 0 Å². The molecule has 0 bridgehead atoms. The standard InChI is InChI=1S/C18H26BrNO4S/c1-11-13(25-15(19)14(11)16(21)23-5)10-12-6-8-20(9-7-12)17(22)24-18(2,3)4/h12H,6-10H2,1-5H3. The van der Waals surface area contributed by atoms with Crippen LogP contribution in [-0.4, -0.2) is 42.8 Å². The molecule has 0 N–H and O–H groups in total.